The predicted molar refractivity (Wildman–Crippen MR) is 58.1 cm³/mol. The Bertz CT molecular complexity index is 468. The van der Waals surface area contributed by atoms with Crippen molar-refractivity contribution in [3.63, 3.8) is 0 Å². The highest BCUT2D eigenvalue weighted by atomic mass is 31.3. The number of hydrogen-bond donors (Lipinski definition) is 10. The highest BCUT2D eigenvalue weighted by Crippen LogP contribution is 2.84. The van der Waals surface area contributed by atoms with Crippen LogP contribution in [0.25, 0.3) is 0 Å². The van der Waals surface area contributed by atoms with Crippen LogP contribution in [0.4, 0.5) is 0 Å². The summed E-state index contributed by atoms with van der Waals surface area (Å²) < 4.78 is 43.8. The summed E-state index contributed by atoms with van der Waals surface area (Å²) in [7, 11) is -27.1. The zero-order valence-corrected chi connectivity index (χ0v) is 12.5. The molecule has 0 aromatic heterocycles. The van der Waals surface area contributed by atoms with Crippen molar-refractivity contribution < 1.29 is 67.6 Å². The molecule has 0 atom stereocenters. The molecule has 0 bridgehead atoms. The lowest BCUT2D eigenvalue weighted by Crippen LogP contribution is -2.53. The van der Waals surface area contributed by atoms with Gasteiger partial charge >= 0.3 is 40.5 Å². The minimum atomic E-state index is -6.77. The van der Waals surface area contributed by atoms with E-state index in [0.29, 0.717) is 0 Å². The summed E-state index contributed by atoms with van der Waals surface area (Å²) in [5.74, 6) is 0. The lowest BCUT2D eigenvalue weighted by molar-refractivity contribution is -0.00378. The lowest BCUT2D eigenvalue weighted by Gasteiger charge is -2.41. The minimum absolute atomic E-state index is 5.44. The highest BCUT2D eigenvalue weighted by Gasteiger charge is 2.84. The van der Waals surface area contributed by atoms with E-state index in [4.69, 9.17) is 39.1 Å². The SMILES string of the molecule is O=P(O)(O)C(O)(C(O)(P(=O)(O)O)P(=O)(O)O)P(=O)(O)O. The zero-order valence-electron chi connectivity index (χ0n) is 8.89. The van der Waals surface area contributed by atoms with E-state index in [1.165, 1.54) is 0 Å². The van der Waals surface area contributed by atoms with Crippen molar-refractivity contribution in [2.45, 2.75) is 10.2 Å². The maximum Gasteiger partial charge on any atom is 0.374 e. The molecule has 14 nitrogen and oxygen atoms in total. The third-order valence-corrected chi connectivity index (χ3v) is 10.5. The molecule has 0 spiro atoms. The first-order valence-electron chi connectivity index (χ1n) is 3.92. The highest BCUT2D eigenvalue weighted by molar-refractivity contribution is 7.80. The fraction of sp³-hybridized carbons (Fsp3) is 1.00. The van der Waals surface area contributed by atoms with Crippen molar-refractivity contribution in [1.82, 2.24) is 0 Å². The summed E-state index contributed by atoms with van der Waals surface area (Å²) in [6, 6.07) is 0. The second-order valence-corrected chi connectivity index (χ2v) is 11.1. The number of hydrogen-bond acceptors (Lipinski definition) is 6. The van der Waals surface area contributed by atoms with Crippen molar-refractivity contribution in [3.8, 4) is 0 Å². The summed E-state index contributed by atoms with van der Waals surface area (Å²) in [5, 5.41) is 7.75. The van der Waals surface area contributed by atoms with Gasteiger partial charge in [-0.05, 0) is 0 Å². The molecule has 18 heteroatoms. The largest absolute Gasteiger partial charge is 0.374 e. The zero-order chi connectivity index (χ0) is 17.0. The summed E-state index contributed by atoms with van der Waals surface area (Å²) in [6.45, 7) is 0. The predicted octanol–water partition coefficient (Wildman–Crippen LogP) is -3.01. The Kier molecular flexibility index (Phi) is 5.15. The maximum absolute atomic E-state index is 10.9. The normalized spacial score (nSPS) is 16.3. The van der Waals surface area contributed by atoms with Crippen molar-refractivity contribution in [2.24, 2.45) is 0 Å². The Hall–Kier alpha value is 0.520. The molecule has 0 heterocycles. The van der Waals surface area contributed by atoms with E-state index in [0.717, 1.165) is 0 Å². The molecule has 0 aliphatic heterocycles. The molecular formula is C2H10O14P4. The van der Waals surface area contributed by atoms with E-state index >= 15 is 0 Å². The van der Waals surface area contributed by atoms with Crippen LogP contribution in [0.3, 0.4) is 0 Å². The molecule has 0 rings (SSSR count). The quantitative estimate of drug-likeness (QED) is 0.212. The molecule has 0 radical (unpaired) electrons. The van der Waals surface area contributed by atoms with E-state index in [1.54, 1.807) is 0 Å². The van der Waals surface area contributed by atoms with Gasteiger partial charge in [0, 0.05) is 0 Å². The van der Waals surface area contributed by atoms with E-state index < -0.39 is 40.5 Å². The van der Waals surface area contributed by atoms with Gasteiger partial charge in [0.15, 0.2) is 0 Å². The van der Waals surface area contributed by atoms with Gasteiger partial charge in [0.05, 0.1) is 0 Å². The van der Waals surface area contributed by atoms with Gasteiger partial charge in [-0.15, -0.1) is 0 Å². The molecule has 20 heavy (non-hydrogen) atoms. The van der Waals surface area contributed by atoms with Gasteiger partial charge in [-0.2, -0.15) is 0 Å². The number of aliphatic hydroxyl groups is 2. The first kappa shape index (κ1) is 20.5. The fourth-order valence-electron chi connectivity index (χ4n) is 1.12. The summed E-state index contributed by atoms with van der Waals surface area (Å²) in [4.78, 5) is 69.3. The van der Waals surface area contributed by atoms with Gasteiger partial charge in [-0.3, -0.25) is 18.3 Å². The summed E-state index contributed by atoms with van der Waals surface area (Å²) in [5.41, 5.74) is 0. The molecule has 0 fully saturated rings. The molecule has 0 amide bonds. The van der Waals surface area contributed by atoms with Crippen LogP contribution in [0.5, 0.6) is 0 Å². The molecule has 0 unspecified atom stereocenters. The van der Waals surface area contributed by atoms with Crippen molar-refractivity contribution in [3.05, 3.63) is 0 Å². The first-order chi connectivity index (χ1) is 8.25. The third-order valence-electron chi connectivity index (χ3n) is 2.07. The Morgan fingerprint density at radius 1 is 0.450 bits per heavy atom. The van der Waals surface area contributed by atoms with Crippen LogP contribution < -0.4 is 0 Å². The molecule has 122 valence electrons. The van der Waals surface area contributed by atoms with Gasteiger partial charge in [0.25, 0.3) is 0 Å². The monoisotopic (exact) mass is 382 g/mol. The average Bonchev–Trinajstić information content (AvgIpc) is 2.07. The second-order valence-electron chi connectivity index (χ2n) is 3.45. The topological polar surface area (TPSA) is 271 Å². The average molecular weight is 382 g/mol. The molecule has 0 aliphatic rings. The molecule has 0 saturated carbocycles. The first-order valence-corrected chi connectivity index (χ1v) is 10.4. The van der Waals surface area contributed by atoms with Gasteiger partial charge in [-0.1, -0.05) is 0 Å². The summed E-state index contributed by atoms with van der Waals surface area (Å²) >= 11 is 0. The van der Waals surface area contributed by atoms with Gasteiger partial charge in [-0.25, -0.2) is 0 Å². The Balaban J connectivity index is 7.07. The van der Waals surface area contributed by atoms with Crippen molar-refractivity contribution in [2.75, 3.05) is 0 Å². The third kappa shape index (κ3) is 2.74. The van der Waals surface area contributed by atoms with Crippen molar-refractivity contribution >= 4 is 30.4 Å². The van der Waals surface area contributed by atoms with Crippen molar-refractivity contribution in [1.29, 1.82) is 0 Å². The fourth-order valence-corrected chi connectivity index (χ4v) is 8.53. The van der Waals surface area contributed by atoms with Crippen LogP contribution in [0.15, 0.2) is 0 Å². The molecule has 0 aromatic carbocycles. The van der Waals surface area contributed by atoms with Crippen LogP contribution in [0.1, 0.15) is 0 Å². The molecule has 0 aliphatic carbocycles. The number of rotatable bonds is 5. The van der Waals surface area contributed by atoms with Gasteiger partial charge in [0.2, 0.25) is 0 Å². The minimum Gasteiger partial charge on any atom is -0.364 e. The van der Waals surface area contributed by atoms with Crippen LogP contribution >= 0.6 is 30.4 Å². The van der Waals surface area contributed by atoms with Crippen LogP contribution in [0.2, 0.25) is 0 Å². The Labute approximate surface area is 109 Å². The smallest absolute Gasteiger partial charge is 0.364 e. The van der Waals surface area contributed by atoms with E-state index in [9.17, 15) is 28.5 Å². The van der Waals surface area contributed by atoms with Crippen LogP contribution in [-0.2, 0) is 18.3 Å². The molecule has 10 N–H and O–H groups in total. The van der Waals surface area contributed by atoms with E-state index in [-0.39, 0.29) is 0 Å². The lowest BCUT2D eigenvalue weighted by atomic mass is 10.7. The van der Waals surface area contributed by atoms with Crippen LogP contribution in [-0.4, -0.2) is 59.5 Å². The van der Waals surface area contributed by atoms with E-state index in [1.807, 2.05) is 0 Å². The van der Waals surface area contributed by atoms with E-state index in [2.05, 4.69) is 0 Å². The molecule has 0 saturated heterocycles. The Morgan fingerprint density at radius 3 is 0.600 bits per heavy atom. The summed E-state index contributed by atoms with van der Waals surface area (Å²) in [6.07, 6.45) is 0. The van der Waals surface area contributed by atoms with Gasteiger partial charge in [0.1, 0.15) is 0 Å². The molecular weight excluding hydrogens is 372 g/mol. The Morgan fingerprint density at radius 2 is 0.550 bits per heavy atom. The maximum atomic E-state index is 10.9. The van der Waals surface area contributed by atoms with Crippen LogP contribution in [0, 0.1) is 0 Å². The second kappa shape index (κ2) is 5.02. The molecule has 0 aromatic rings. The standard InChI is InChI=1S/C2H10O14P4/c3-1(17(5,6)7,18(8,9)10)2(4,19(11,12)13)20(14,15)16/h3-4H,(H2,5,6,7)(H2,8,9,10)(H2,11,12,13)(H2,14,15,16). The van der Waals surface area contributed by atoms with Gasteiger partial charge < -0.3 is 49.4 Å².